The first-order valence-corrected chi connectivity index (χ1v) is 7.80. The maximum atomic E-state index is 11.3. The number of halogens is 1. The SMILES string of the molecule is CC(C#N)CSc1ccccc1S(=O)(=O)Cl. The summed E-state index contributed by atoms with van der Waals surface area (Å²) in [6, 6.07) is 8.59. The fourth-order valence-corrected chi connectivity index (χ4v) is 3.51. The van der Waals surface area contributed by atoms with Crippen LogP contribution in [0.2, 0.25) is 0 Å². The van der Waals surface area contributed by atoms with Crippen molar-refractivity contribution in [1.82, 2.24) is 0 Å². The van der Waals surface area contributed by atoms with Crippen LogP contribution in [0.5, 0.6) is 0 Å². The van der Waals surface area contributed by atoms with Crippen LogP contribution in [-0.4, -0.2) is 14.2 Å². The van der Waals surface area contributed by atoms with E-state index in [-0.39, 0.29) is 10.8 Å². The second kappa shape index (κ2) is 5.58. The Labute approximate surface area is 104 Å². The molecule has 0 aliphatic rings. The molecule has 0 aliphatic heterocycles. The summed E-state index contributed by atoms with van der Waals surface area (Å²) in [5.41, 5.74) is 0. The lowest BCUT2D eigenvalue weighted by molar-refractivity contribution is 0.607. The molecule has 0 radical (unpaired) electrons. The zero-order chi connectivity index (χ0) is 12.2. The van der Waals surface area contributed by atoms with Crippen molar-refractivity contribution in [2.75, 3.05) is 5.75 Å². The van der Waals surface area contributed by atoms with Crippen LogP contribution >= 0.6 is 22.4 Å². The van der Waals surface area contributed by atoms with Crippen LogP contribution in [0.4, 0.5) is 0 Å². The van der Waals surface area contributed by atoms with Crippen molar-refractivity contribution in [3.63, 3.8) is 0 Å². The lowest BCUT2D eigenvalue weighted by Gasteiger charge is -2.06. The van der Waals surface area contributed by atoms with Gasteiger partial charge in [0.2, 0.25) is 0 Å². The molecule has 0 bridgehead atoms. The Balaban J connectivity index is 2.94. The number of nitriles is 1. The lowest BCUT2D eigenvalue weighted by atomic mass is 10.3. The molecule has 0 aromatic heterocycles. The van der Waals surface area contributed by atoms with Crippen molar-refractivity contribution in [3.8, 4) is 6.07 Å². The van der Waals surface area contributed by atoms with Crippen LogP contribution in [0.25, 0.3) is 0 Å². The number of rotatable bonds is 4. The smallest absolute Gasteiger partial charge is 0.207 e. The summed E-state index contributed by atoms with van der Waals surface area (Å²) in [6.45, 7) is 1.78. The molecule has 0 aliphatic carbocycles. The van der Waals surface area contributed by atoms with Crippen LogP contribution in [0.3, 0.4) is 0 Å². The Hall–Kier alpha value is -0.700. The number of hydrogen-bond acceptors (Lipinski definition) is 4. The molecule has 1 aromatic rings. The summed E-state index contributed by atoms with van der Waals surface area (Å²) in [7, 11) is 1.59. The molecule has 0 saturated carbocycles. The van der Waals surface area contributed by atoms with Gasteiger partial charge in [0.15, 0.2) is 0 Å². The molecule has 0 fully saturated rings. The van der Waals surface area contributed by atoms with Gasteiger partial charge in [0.1, 0.15) is 0 Å². The molecular formula is C10H10ClNO2S2. The Kier molecular flexibility index (Phi) is 4.66. The van der Waals surface area contributed by atoms with E-state index in [1.165, 1.54) is 17.8 Å². The van der Waals surface area contributed by atoms with Gasteiger partial charge in [-0.05, 0) is 19.1 Å². The number of benzene rings is 1. The van der Waals surface area contributed by atoms with Crippen molar-refractivity contribution in [1.29, 1.82) is 5.26 Å². The molecule has 16 heavy (non-hydrogen) atoms. The van der Waals surface area contributed by atoms with E-state index in [1.54, 1.807) is 25.1 Å². The molecule has 6 heteroatoms. The predicted molar refractivity (Wildman–Crippen MR) is 65.0 cm³/mol. The molecular weight excluding hydrogens is 266 g/mol. The van der Waals surface area contributed by atoms with E-state index in [0.29, 0.717) is 10.6 Å². The van der Waals surface area contributed by atoms with E-state index in [4.69, 9.17) is 15.9 Å². The number of thioether (sulfide) groups is 1. The molecule has 0 saturated heterocycles. The Morgan fingerprint density at radius 3 is 2.69 bits per heavy atom. The molecule has 3 nitrogen and oxygen atoms in total. The average Bonchev–Trinajstić information content (AvgIpc) is 2.25. The van der Waals surface area contributed by atoms with Gasteiger partial charge in [-0.15, -0.1) is 11.8 Å². The second-order valence-corrected chi connectivity index (χ2v) is 6.82. The van der Waals surface area contributed by atoms with Crippen molar-refractivity contribution in [2.45, 2.75) is 16.7 Å². The van der Waals surface area contributed by atoms with Gasteiger partial charge in [-0.25, -0.2) is 8.42 Å². The zero-order valence-corrected chi connectivity index (χ0v) is 10.9. The quantitative estimate of drug-likeness (QED) is 0.626. The molecule has 86 valence electrons. The summed E-state index contributed by atoms with van der Waals surface area (Å²) in [5, 5.41) is 8.63. The van der Waals surface area contributed by atoms with Gasteiger partial charge in [0, 0.05) is 21.3 Å². The van der Waals surface area contributed by atoms with Crippen LogP contribution in [0, 0.1) is 17.2 Å². The summed E-state index contributed by atoms with van der Waals surface area (Å²) in [6.07, 6.45) is 0. The standard InChI is InChI=1S/C10H10ClNO2S2/c1-8(6-12)7-15-9-4-2-3-5-10(9)16(11,13)14/h2-5,8H,7H2,1H3. The fourth-order valence-electron chi connectivity index (χ4n) is 1.02. The van der Waals surface area contributed by atoms with E-state index in [2.05, 4.69) is 6.07 Å². The molecule has 0 spiro atoms. The first kappa shape index (κ1) is 13.4. The van der Waals surface area contributed by atoms with E-state index in [9.17, 15) is 8.42 Å². The van der Waals surface area contributed by atoms with Crippen LogP contribution in [-0.2, 0) is 9.05 Å². The van der Waals surface area contributed by atoms with Crippen LogP contribution in [0.15, 0.2) is 34.1 Å². The minimum absolute atomic E-state index is 0.104. The fraction of sp³-hybridized carbons (Fsp3) is 0.300. The highest BCUT2D eigenvalue weighted by Gasteiger charge is 2.15. The Morgan fingerprint density at radius 1 is 1.50 bits per heavy atom. The Bertz CT molecular complexity index is 508. The third-order valence-electron chi connectivity index (χ3n) is 1.82. The summed E-state index contributed by atoms with van der Waals surface area (Å²) < 4.78 is 22.5. The largest absolute Gasteiger partial charge is 0.262 e. The average molecular weight is 276 g/mol. The summed E-state index contributed by atoms with van der Waals surface area (Å²) in [5.74, 6) is 0.413. The van der Waals surface area contributed by atoms with Crippen LogP contribution in [0.1, 0.15) is 6.92 Å². The van der Waals surface area contributed by atoms with E-state index >= 15 is 0 Å². The van der Waals surface area contributed by atoms with Crippen molar-refractivity contribution in [3.05, 3.63) is 24.3 Å². The predicted octanol–water partition coefficient (Wildman–Crippen LogP) is 2.87. The van der Waals surface area contributed by atoms with Gasteiger partial charge in [0.05, 0.1) is 16.9 Å². The topological polar surface area (TPSA) is 57.9 Å². The van der Waals surface area contributed by atoms with Crippen molar-refractivity contribution < 1.29 is 8.42 Å². The monoisotopic (exact) mass is 275 g/mol. The molecule has 1 unspecified atom stereocenters. The van der Waals surface area contributed by atoms with Gasteiger partial charge in [-0.2, -0.15) is 5.26 Å². The number of nitrogens with zero attached hydrogens (tertiary/aromatic N) is 1. The van der Waals surface area contributed by atoms with Crippen LogP contribution < -0.4 is 0 Å². The third-order valence-corrected chi connectivity index (χ3v) is 4.66. The summed E-state index contributed by atoms with van der Waals surface area (Å²) in [4.78, 5) is 0.686. The van der Waals surface area contributed by atoms with Gasteiger partial charge in [0.25, 0.3) is 9.05 Å². The highest BCUT2D eigenvalue weighted by molar-refractivity contribution is 8.14. The number of hydrogen-bond donors (Lipinski definition) is 0. The summed E-state index contributed by atoms with van der Waals surface area (Å²) >= 11 is 1.32. The van der Waals surface area contributed by atoms with Gasteiger partial charge < -0.3 is 0 Å². The van der Waals surface area contributed by atoms with E-state index in [0.717, 1.165) is 0 Å². The zero-order valence-electron chi connectivity index (χ0n) is 8.55. The lowest BCUT2D eigenvalue weighted by Crippen LogP contribution is -1.97. The highest BCUT2D eigenvalue weighted by atomic mass is 35.7. The van der Waals surface area contributed by atoms with Crippen molar-refractivity contribution >= 4 is 31.5 Å². The van der Waals surface area contributed by atoms with Gasteiger partial charge in [-0.3, -0.25) is 0 Å². The minimum Gasteiger partial charge on any atom is -0.207 e. The second-order valence-electron chi connectivity index (χ2n) is 3.23. The van der Waals surface area contributed by atoms with E-state index < -0.39 is 9.05 Å². The maximum absolute atomic E-state index is 11.3. The minimum atomic E-state index is -3.72. The first-order chi connectivity index (χ1) is 7.45. The van der Waals surface area contributed by atoms with E-state index in [1.807, 2.05) is 0 Å². The Morgan fingerprint density at radius 2 is 2.12 bits per heavy atom. The van der Waals surface area contributed by atoms with Crippen molar-refractivity contribution in [2.24, 2.45) is 5.92 Å². The first-order valence-electron chi connectivity index (χ1n) is 4.51. The molecule has 0 heterocycles. The molecule has 1 aromatic carbocycles. The molecule has 1 atom stereocenters. The molecule has 0 amide bonds. The molecule has 1 rings (SSSR count). The normalized spacial score (nSPS) is 13.1. The highest BCUT2D eigenvalue weighted by Crippen LogP contribution is 2.29. The van der Waals surface area contributed by atoms with Gasteiger partial charge in [-0.1, -0.05) is 12.1 Å². The maximum Gasteiger partial charge on any atom is 0.262 e. The third kappa shape index (κ3) is 3.71. The molecule has 0 N–H and O–H groups in total. The van der Waals surface area contributed by atoms with Gasteiger partial charge >= 0.3 is 0 Å².